The molecule has 4 rings (SSSR count). The summed E-state index contributed by atoms with van der Waals surface area (Å²) in [5.41, 5.74) is -2.93. The van der Waals surface area contributed by atoms with Crippen molar-refractivity contribution >= 4 is 17.6 Å². The fourth-order valence-electron chi connectivity index (χ4n) is 4.52. The molecule has 1 aliphatic rings. The van der Waals surface area contributed by atoms with E-state index in [4.69, 9.17) is 11.6 Å². The van der Waals surface area contributed by atoms with Crippen LogP contribution in [0, 0.1) is 11.7 Å². The van der Waals surface area contributed by atoms with Crippen molar-refractivity contribution in [2.75, 3.05) is 13.1 Å². The molecular weight excluding hydrogens is 539 g/mol. The molecule has 1 aliphatic heterocycles. The summed E-state index contributed by atoms with van der Waals surface area (Å²) in [7, 11) is 0. The van der Waals surface area contributed by atoms with E-state index >= 15 is 0 Å². The summed E-state index contributed by atoms with van der Waals surface area (Å²) in [6.07, 6.45) is -8.73. The monoisotopic (exact) mass is 559 g/mol. The normalized spacial score (nSPS) is 17.8. The van der Waals surface area contributed by atoms with Crippen LogP contribution in [-0.4, -0.2) is 35.2 Å². The van der Waals surface area contributed by atoms with Gasteiger partial charge in [0, 0.05) is 25.7 Å². The highest BCUT2D eigenvalue weighted by molar-refractivity contribution is 6.30. The Hall–Kier alpha value is -3.34. The molecule has 1 aromatic heterocycles. The lowest BCUT2D eigenvalue weighted by Gasteiger charge is -2.37. The van der Waals surface area contributed by atoms with E-state index in [9.17, 15) is 35.5 Å². The molecular formula is C26H21ClF7N3O. The zero-order valence-corrected chi connectivity index (χ0v) is 20.3. The highest BCUT2D eigenvalue weighted by Gasteiger charge is 2.47. The number of nitrogens with one attached hydrogen (secondary N) is 1. The Morgan fingerprint density at radius 2 is 1.68 bits per heavy atom. The topological polar surface area (TPSA) is 45.2 Å². The number of likely N-dealkylation sites (tertiary alicyclic amines) is 1. The van der Waals surface area contributed by atoms with Crippen molar-refractivity contribution in [1.82, 2.24) is 15.2 Å². The minimum Gasteiger partial charge on any atom is -0.324 e. The molecule has 3 aromatic rings. The molecule has 2 unspecified atom stereocenters. The summed E-state index contributed by atoms with van der Waals surface area (Å²) in [4.78, 5) is 18.6. The molecule has 0 aliphatic carbocycles. The van der Waals surface area contributed by atoms with Crippen molar-refractivity contribution < 1.29 is 35.5 Å². The number of carbonyl (C=O) groups is 1. The van der Waals surface area contributed by atoms with Crippen LogP contribution in [-0.2, 0) is 18.1 Å². The lowest BCUT2D eigenvalue weighted by Crippen LogP contribution is -2.53. The largest absolute Gasteiger partial charge is 0.416 e. The molecule has 2 amide bonds. The van der Waals surface area contributed by atoms with Gasteiger partial charge in [0.05, 0.1) is 22.2 Å². The van der Waals surface area contributed by atoms with E-state index in [0.717, 1.165) is 11.0 Å². The number of pyridine rings is 1. The quantitative estimate of drug-likeness (QED) is 0.343. The summed E-state index contributed by atoms with van der Waals surface area (Å²) in [5, 5.41) is 2.82. The molecule has 12 heteroatoms. The van der Waals surface area contributed by atoms with Gasteiger partial charge in [0.15, 0.2) is 0 Å². The van der Waals surface area contributed by atoms with E-state index in [1.807, 2.05) is 0 Å². The average Bonchev–Trinajstić information content (AvgIpc) is 3.35. The zero-order chi connectivity index (χ0) is 27.7. The van der Waals surface area contributed by atoms with Crippen LogP contribution in [0.3, 0.4) is 0 Å². The third-order valence-electron chi connectivity index (χ3n) is 6.45. The smallest absolute Gasteiger partial charge is 0.324 e. The second kappa shape index (κ2) is 10.4. The highest BCUT2D eigenvalue weighted by atomic mass is 35.5. The maximum absolute atomic E-state index is 14.6. The van der Waals surface area contributed by atoms with Gasteiger partial charge in [0.25, 0.3) is 0 Å². The molecule has 2 aromatic carbocycles. The van der Waals surface area contributed by atoms with Gasteiger partial charge in [-0.1, -0.05) is 41.9 Å². The van der Waals surface area contributed by atoms with Gasteiger partial charge in [-0.05, 0) is 47.9 Å². The number of hydrogen-bond acceptors (Lipinski definition) is 2. The molecule has 2 atom stereocenters. The predicted octanol–water partition coefficient (Wildman–Crippen LogP) is 6.97. The van der Waals surface area contributed by atoms with Gasteiger partial charge in [-0.15, -0.1) is 0 Å². The van der Waals surface area contributed by atoms with Crippen LogP contribution in [0.15, 0.2) is 66.9 Å². The number of alkyl halides is 6. The second-order valence-electron chi connectivity index (χ2n) is 9.06. The molecule has 1 saturated heterocycles. The fourth-order valence-corrected chi connectivity index (χ4v) is 4.64. The molecule has 38 heavy (non-hydrogen) atoms. The Morgan fingerprint density at radius 3 is 2.26 bits per heavy atom. The summed E-state index contributed by atoms with van der Waals surface area (Å²) in [6.45, 7) is -0.843. The van der Waals surface area contributed by atoms with Crippen molar-refractivity contribution in [1.29, 1.82) is 0 Å². The van der Waals surface area contributed by atoms with Crippen LogP contribution in [0.4, 0.5) is 35.5 Å². The van der Waals surface area contributed by atoms with Gasteiger partial charge < -0.3 is 10.2 Å². The number of aromatic nitrogens is 1. The van der Waals surface area contributed by atoms with Crippen molar-refractivity contribution in [2.45, 2.75) is 30.7 Å². The van der Waals surface area contributed by atoms with E-state index in [-0.39, 0.29) is 35.7 Å². The Bertz CT molecular complexity index is 1280. The Labute approximate surface area is 218 Å². The first-order valence-electron chi connectivity index (χ1n) is 11.5. The number of halogens is 8. The lowest BCUT2D eigenvalue weighted by molar-refractivity contribution is -0.169. The Morgan fingerprint density at radius 1 is 1.00 bits per heavy atom. The summed E-state index contributed by atoms with van der Waals surface area (Å²) < 4.78 is 95.5. The fraction of sp³-hybridized carbons (Fsp3) is 0.308. The van der Waals surface area contributed by atoms with E-state index in [1.54, 1.807) is 30.3 Å². The molecule has 202 valence electrons. The van der Waals surface area contributed by atoms with E-state index < -0.39 is 47.8 Å². The van der Waals surface area contributed by atoms with Crippen LogP contribution in [0.5, 0.6) is 0 Å². The van der Waals surface area contributed by atoms with Crippen LogP contribution < -0.4 is 5.32 Å². The minimum atomic E-state index is -4.92. The zero-order valence-electron chi connectivity index (χ0n) is 19.6. The Balaban J connectivity index is 1.88. The first-order valence-corrected chi connectivity index (χ1v) is 11.8. The number of nitrogens with zero attached hydrogens (tertiary/aromatic N) is 2. The number of carbonyl (C=O) groups excluding carboxylic acids is 1. The molecule has 0 radical (unpaired) electrons. The number of rotatable bonds is 5. The van der Waals surface area contributed by atoms with Gasteiger partial charge in [-0.2, -0.15) is 26.3 Å². The van der Waals surface area contributed by atoms with Crippen LogP contribution in [0.2, 0.25) is 5.02 Å². The third kappa shape index (κ3) is 6.03. The predicted molar refractivity (Wildman–Crippen MR) is 126 cm³/mol. The van der Waals surface area contributed by atoms with Crippen LogP contribution >= 0.6 is 11.6 Å². The van der Waals surface area contributed by atoms with Crippen LogP contribution in [0.25, 0.3) is 0 Å². The molecule has 2 heterocycles. The number of benzene rings is 2. The van der Waals surface area contributed by atoms with Gasteiger partial charge in [-0.3, -0.25) is 4.98 Å². The molecule has 1 fully saturated rings. The third-order valence-corrected chi connectivity index (χ3v) is 6.68. The molecule has 1 N–H and O–H groups in total. The summed E-state index contributed by atoms with van der Waals surface area (Å²) >= 11 is 5.97. The molecule has 4 nitrogen and oxygen atoms in total. The lowest BCUT2D eigenvalue weighted by atomic mass is 9.79. The van der Waals surface area contributed by atoms with Crippen molar-refractivity contribution in [3.8, 4) is 0 Å². The average molecular weight is 560 g/mol. The van der Waals surface area contributed by atoms with E-state index in [1.165, 1.54) is 18.3 Å². The van der Waals surface area contributed by atoms with Crippen molar-refractivity contribution in [2.24, 2.45) is 5.92 Å². The van der Waals surface area contributed by atoms with Gasteiger partial charge in [0.1, 0.15) is 11.4 Å². The SMILES string of the molecule is O=C(NC(Cc1ccccc1)(c1cc(F)cc(C(F)(F)F)c1)c1ccc(Cl)cn1)N1CCC(C(F)(F)F)C1. The second-order valence-corrected chi connectivity index (χ2v) is 9.50. The summed E-state index contributed by atoms with van der Waals surface area (Å²) in [6, 6.07) is 12.0. The van der Waals surface area contributed by atoms with Gasteiger partial charge in [-0.25, -0.2) is 9.18 Å². The highest BCUT2D eigenvalue weighted by Crippen LogP contribution is 2.39. The van der Waals surface area contributed by atoms with Crippen LogP contribution in [0.1, 0.15) is 28.8 Å². The van der Waals surface area contributed by atoms with Gasteiger partial charge >= 0.3 is 18.4 Å². The number of urea groups is 1. The van der Waals surface area contributed by atoms with E-state index in [0.29, 0.717) is 17.7 Å². The maximum Gasteiger partial charge on any atom is 0.416 e. The Kier molecular flexibility index (Phi) is 7.60. The molecule has 0 saturated carbocycles. The standard InChI is InChI=1S/C26H21ClF7N3O/c27-20-6-7-22(35-14-20)24(13-16-4-2-1-3-5-16,18-10-19(26(32,33)34)12-21(28)11-18)36-23(38)37-9-8-17(15-37)25(29,30)31/h1-7,10-12,14,17H,8-9,13,15H2,(H,36,38). The van der Waals surface area contributed by atoms with E-state index in [2.05, 4.69) is 10.3 Å². The first-order chi connectivity index (χ1) is 17.8. The maximum atomic E-state index is 14.6. The van der Waals surface area contributed by atoms with Crippen molar-refractivity contribution in [3.05, 3.63) is 100 Å². The van der Waals surface area contributed by atoms with Crippen molar-refractivity contribution in [3.63, 3.8) is 0 Å². The number of hydrogen-bond donors (Lipinski definition) is 1. The number of amides is 2. The summed E-state index contributed by atoms with van der Waals surface area (Å²) in [5.74, 6) is -2.95. The molecule has 0 bridgehead atoms. The first kappa shape index (κ1) is 27.7. The minimum absolute atomic E-state index is 0.0180. The molecule has 0 spiro atoms. The van der Waals surface area contributed by atoms with Gasteiger partial charge in [0.2, 0.25) is 0 Å².